The number of piperidine rings is 1. The summed E-state index contributed by atoms with van der Waals surface area (Å²) in [4.78, 5) is 71.5. The first-order valence-corrected chi connectivity index (χ1v) is 23.5. The molecule has 0 aromatic heterocycles. The third-order valence-electron chi connectivity index (χ3n) is 14.2. The standard InChI is InChI=1S/C50H77NO13/c1-29-15-11-10-12-16-30(2)42(61-8)27-37-20-18-35(7)50(60,64-37)47(57)48(58)51-22-14-13-17-38(51)49(59)63-43(32(4)25-36-19-21-39(52)41(54)26-36)28-40(53)31(3)24-34(6)45(56)46(62-9)44(55)33(5)23-29/h10-12,15-16,24,29,31-33,35-39,41-43,45-46,52,54,56,60H,13-14,17-23,25-28H2,1-9H3/b12-10+,15-11+,30-16+,34-24+/t29-,31-,32-,33-,35-,36+,37+,38+,39-,41-,42+,43+,45-,46+,50-/m1/s1. The summed E-state index contributed by atoms with van der Waals surface area (Å²) in [7, 11) is 2.94. The summed E-state index contributed by atoms with van der Waals surface area (Å²) in [6.07, 6.45) is 9.61. The zero-order valence-corrected chi connectivity index (χ0v) is 39.6. The number of ketones is 3. The zero-order valence-electron chi connectivity index (χ0n) is 39.6. The van der Waals surface area contributed by atoms with Crippen molar-refractivity contribution in [3.8, 4) is 0 Å². The number of methoxy groups -OCH3 is 2. The minimum Gasteiger partial charge on any atom is -0.460 e. The first-order valence-electron chi connectivity index (χ1n) is 23.5. The molecule has 2 bridgehead atoms. The number of Topliss-reactive ketones (excluding diaryl/α,β-unsaturated/α-hetero) is 3. The number of esters is 1. The maximum Gasteiger partial charge on any atom is 0.329 e. The lowest BCUT2D eigenvalue weighted by atomic mass is 9.78. The van der Waals surface area contributed by atoms with Crippen molar-refractivity contribution in [3.05, 3.63) is 47.6 Å². The third kappa shape index (κ3) is 13.8. The van der Waals surface area contributed by atoms with E-state index >= 15 is 0 Å². The Kier molecular flexibility index (Phi) is 20.3. The van der Waals surface area contributed by atoms with Gasteiger partial charge in [-0.3, -0.25) is 19.2 Å². The summed E-state index contributed by atoms with van der Waals surface area (Å²) in [5.74, 6) is -8.29. The average molecular weight is 900 g/mol. The topological polar surface area (TPSA) is 206 Å². The van der Waals surface area contributed by atoms with Crippen molar-refractivity contribution in [2.24, 2.45) is 35.5 Å². The first-order chi connectivity index (χ1) is 30.2. The molecule has 0 aromatic rings. The number of carbonyl (C=O) groups is 5. The van der Waals surface area contributed by atoms with Gasteiger partial charge in [-0.2, -0.15) is 0 Å². The van der Waals surface area contributed by atoms with E-state index in [1.54, 1.807) is 40.9 Å². The molecule has 360 valence electrons. The summed E-state index contributed by atoms with van der Waals surface area (Å²) >= 11 is 0. The molecule has 64 heavy (non-hydrogen) atoms. The second kappa shape index (κ2) is 24.4. The number of nitrogens with zero attached hydrogens (tertiary/aromatic N) is 1. The molecule has 1 aliphatic carbocycles. The number of amides is 1. The summed E-state index contributed by atoms with van der Waals surface area (Å²) < 4.78 is 23.7. The lowest BCUT2D eigenvalue weighted by molar-refractivity contribution is -0.265. The maximum atomic E-state index is 14.3. The van der Waals surface area contributed by atoms with Gasteiger partial charge in [0, 0.05) is 51.4 Å². The molecule has 3 aliphatic heterocycles. The van der Waals surface area contributed by atoms with Crippen LogP contribution in [0.1, 0.15) is 126 Å². The van der Waals surface area contributed by atoms with Gasteiger partial charge < -0.3 is 44.3 Å². The van der Waals surface area contributed by atoms with Gasteiger partial charge in [0.1, 0.15) is 30.1 Å². The highest BCUT2D eigenvalue weighted by molar-refractivity contribution is 6.39. The number of carbonyl (C=O) groups excluding carboxylic acids is 5. The molecule has 4 aliphatic rings. The number of hydrogen-bond donors (Lipinski definition) is 4. The normalized spacial score (nSPS) is 40.9. The Bertz CT molecular complexity index is 1740. The van der Waals surface area contributed by atoms with Crippen LogP contribution >= 0.6 is 0 Å². The second-order valence-corrected chi connectivity index (χ2v) is 19.4. The Hall–Kier alpha value is -3.37. The molecule has 2 saturated heterocycles. The van der Waals surface area contributed by atoms with E-state index in [1.165, 1.54) is 12.0 Å². The molecule has 14 nitrogen and oxygen atoms in total. The van der Waals surface area contributed by atoms with Crippen LogP contribution in [-0.2, 0) is 42.9 Å². The van der Waals surface area contributed by atoms with Crippen molar-refractivity contribution in [2.45, 2.75) is 180 Å². The van der Waals surface area contributed by atoms with Gasteiger partial charge in [0.05, 0.1) is 24.4 Å². The number of hydrogen-bond acceptors (Lipinski definition) is 13. The number of allylic oxidation sites excluding steroid dienone is 6. The molecule has 15 atom stereocenters. The number of aliphatic hydroxyl groups excluding tert-OH is 3. The van der Waals surface area contributed by atoms with Crippen molar-refractivity contribution in [1.29, 1.82) is 0 Å². The Balaban J connectivity index is 1.70. The van der Waals surface area contributed by atoms with E-state index in [1.807, 2.05) is 51.2 Å². The molecule has 0 radical (unpaired) electrons. The molecule has 1 amide bonds. The molecular weight excluding hydrogens is 823 g/mol. The van der Waals surface area contributed by atoms with Crippen molar-refractivity contribution in [1.82, 2.24) is 4.90 Å². The van der Waals surface area contributed by atoms with E-state index in [9.17, 15) is 44.4 Å². The highest BCUT2D eigenvalue weighted by atomic mass is 16.6. The van der Waals surface area contributed by atoms with Gasteiger partial charge in [-0.05, 0) is 107 Å². The summed E-state index contributed by atoms with van der Waals surface area (Å²) in [6, 6.07) is -1.16. The van der Waals surface area contributed by atoms with Crippen LogP contribution in [0.3, 0.4) is 0 Å². The van der Waals surface area contributed by atoms with Gasteiger partial charge >= 0.3 is 5.97 Å². The summed E-state index contributed by atoms with van der Waals surface area (Å²) in [5, 5.41) is 43.9. The van der Waals surface area contributed by atoms with Gasteiger partial charge in [-0.1, -0.05) is 71.1 Å². The first kappa shape index (κ1) is 53.2. The predicted molar refractivity (Wildman–Crippen MR) is 240 cm³/mol. The lowest BCUT2D eigenvalue weighted by Gasteiger charge is -2.42. The highest BCUT2D eigenvalue weighted by Crippen LogP contribution is 2.37. The largest absolute Gasteiger partial charge is 0.460 e. The number of fused-ring (bicyclic) bond motifs is 3. The zero-order chi connectivity index (χ0) is 47.5. The number of aliphatic hydroxyl groups is 4. The molecule has 1 saturated carbocycles. The van der Waals surface area contributed by atoms with Crippen LogP contribution in [0.15, 0.2) is 47.6 Å². The van der Waals surface area contributed by atoms with Crippen LogP contribution in [-0.4, -0.2) is 130 Å². The van der Waals surface area contributed by atoms with Crippen LogP contribution in [0.5, 0.6) is 0 Å². The minimum absolute atomic E-state index is 0.0134. The van der Waals surface area contributed by atoms with Crippen molar-refractivity contribution < 1.29 is 63.3 Å². The smallest absolute Gasteiger partial charge is 0.329 e. The maximum absolute atomic E-state index is 14.3. The van der Waals surface area contributed by atoms with Gasteiger partial charge in [0.15, 0.2) is 5.78 Å². The highest BCUT2D eigenvalue weighted by Gasteiger charge is 2.53. The van der Waals surface area contributed by atoms with Gasteiger partial charge in [0.25, 0.3) is 11.7 Å². The SMILES string of the molecule is CO[C@H]1C[C@@H]2CC[C@@H](C)[C@@](O)(O2)C(=O)C(=O)N2CCCC[C@H]2C(=O)O[C@H]([C@H](C)C[C@@H]2CC[C@@H](O)[C@H](O)C2)CC(=O)[C@H](C)/C=C(\C)[C@@H](O)[C@@H](OC)C(=O)[C@H](C)C[C@H](C)/C=C/C=C/C=C/1C. The van der Waals surface area contributed by atoms with E-state index in [0.29, 0.717) is 69.8 Å². The fraction of sp³-hybridized carbons (Fsp3) is 0.740. The molecule has 4 N–H and O–H groups in total. The van der Waals surface area contributed by atoms with E-state index in [0.717, 1.165) is 5.57 Å². The lowest BCUT2D eigenvalue weighted by Crippen LogP contribution is -2.61. The van der Waals surface area contributed by atoms with Crippen LogP contribution in [0.2, 0.25) is 0 Å². The molecule has 3 heterocycles. The van der Waals surface area contributed by atoms with Gasteiger partial charge in [-0.15, -0.1) is 0 Å². The Morgan fingerprint density at radius 3 is 2.23 bits per heavy atom. The molecule has 0 aromatic carbocycles. The summed E-state index contributed by atoms with van der Waals surface area (Å²) in [6.45, 7) is 12.6. The van der Waals surface area contributed by atoms with Crippen LogP contribution in [0.25, 0.3) is 0 Å². The molecule has 0 unspecified atom stereocenters. The Morgan fingerprint density at radius 1 is 0.844 bits per heavy atom. The fourth-order valence-corrected chi connectivity index (χ4v) is 9.88. The second-order valence-electron chi connectivity index (χ2n) is 19.4. The summed E-state index contributed by atoms with van der Waals surface area (Å²) in [5.41, 5.74) is 1.24. The van der Waals surface area contributed by atoms with E-state index < -0.39 is 95.9 Å². The van der Waals surface area contributed by atoms with E-state index in [2.05, 4.69) is 0 Å². The predicted octanol–water partition coefficient (Wildman–Crippen LogP) is 5.53. The fourth-order valence-electron chi connectivity index (χ4n) is 9.88. The number of rotatable bonds is 5. The quantitative estimate of drug-likeness (QED) is 0.153. The van der Waals surface area contributed by atoms with Crippen molar-refractivity contribution in [3.63, 3.8) is 0 Å². The van der Waals surface area contributed by atoms with Gasteiger partial charge in [-0.25, -0.2) is 4.79 Å². The Morgan fingerprint density at radius 2 is 1.56 bits per heavy atom. The van der Waals surface area contributed by atoms with E-state index in [4.69, 9.17) is 18.9 Å². The van der Waals surface area contributed by atoms with Crippen LogP contribution in [0.4, 0.5) is 0 Å². The molecule has 3 fully saturated rings. The number of ether oxygens (including phenoxy) is 4. The molecular formula is C50H77NO13. The number of cyclic esters (lactones) is 1. The molecule has 14 heteroatoms. The third-order valence-corrected chi connectivity index (χ3v) is 14.2. The van der Waals surface area contributed by atoms with Crippen molar-refractivity contribution >= 4 is 29.2 Å². The van der Waals surface area contributed by atoms with Crippen LogP contribution in [0, 0.1) is 35.5 Å². The van der Waals surface area contributed by atoms with E-state index in [-0.39, 0.29) is 42.8 Å². The minimum atomic E-state index is -2.44. The van der Waals surface area contributed by atoms with Crippen LogP contribution < -0.4 is 0 Å². The monoisotopic (exact) mass is 900 g/mol. The van der Waals surface area contributed by atoms with Gasteiger partial charge in [0.2, 0.25) is 5.79 Å². The molecule has 0 spiro atoms. The average Bonchev–Trinajstić information content (AvgIpc) is 3.26. The molecule has 4 rings (SSSR count). The van der Waals surface area contributed by atoms with Crippen molar-refractivity contribution in [2.75, 3.05) is 20.8 Å². The Labute approximate surface area is 380 Å².